The molecule has 0 bridgehead atoms. The number of halogens is 1. The van der Waals surface area contributed by atoms with E-state index in [1.807, 2.05) is 14.0 Å². The number of hydrogen-bond acceptors (Lipinski definition) is 3. The lowest BCUT2D eigenvalue weighted by Gasteiger charge is -2.21. The van der Waals surface area contributed by atoms with Crippen molar-refractivity contribution in [3.63, 3.8) is 0 Å². The third kappa shape index (κ3) is 5.12. The zero-order valence-electron chi connectivity index (χ0n) is 11.9. The van der Waals surface area contributed by atoms with Crippen molar-refractivity contribution in [2.75, 3.05) is 20.2 Å². The fourth-order valence-electron chi connectivity index (χ4n) is 1.90. The Morgan fingerprint density at radius 1 is 1.50 bits per heavy atom. The lowest BCUT2D eigenvalue weighted by atomic mass is 10.0. The van der Waals surface area contributed by atoms with Crippen molar-refractivity contribution in [3.8, 4) is 0 Å². The minimum atomic E-state index is 0. The molecule has 3 unspecified atom stereocenters. The van der Waals surface area contributed by atoms with Gasteiger partial charge < -0.3 is 15.4 Å². The van der Waals surface area contributed by atoms with Crippen molar-refractivity contribution < 1.29 is 9.53 Å². The van der Waals surface area contributed by atoms with E-state index in [2.05, 4.69) is 13.8 Å². The van der Waals surface area contributed by atoms with Gasteiger partial charge in [0.25, 0.3) is 0 Å². The second-order valence-corrected chi connectivity index (χ2v) is 5.29. The van der Waals surface area contributed by atoms with Gasteiger partial charge in [-0.15, -0.1) is 12.4 Å². The molecule has 0 aromatic heterocycles. The molecule has 1 fully saturated rings. The second kappa shape index (κ2) is 7.97. The van der Waals surface area contributed by atoms with Crippen LogP contribution in [0.1, 0.15) is 33.6 Å². The fraction of sp³-hybridized carbons (Fsp3) is 0.923. The fourth-order valence-corrected chi connectivity index (χ4v) is 1.90. The van der Waals surface area contributed by atoms with Gasteiger partial charge in [-0.3, -0.25) is 4.79 Å². The molecule has 1 aliphatic carbocycles. The van der Waals surface area contributed by atoms with Gasteiger partial charge in [-0.25, -0.2) is 0 Å². The molecule has 5 heteroatoms. The van der Waals surface area contributed by atoms with Gasteiger partial charge in [0.15, 0.2) is 0 Å². The van der Waals surface area contributed by atoms with E-state index in [0.29, 0.717) is 12.5 Å². The van der Waals surface area contributed by atoms with E-state index in [-0.39, 0.29) is 36.4 Å². The first-order chi connectivity index (χ1) is 7.97. The maximum Gasteiger partial charge on any atom is 0.228 e. The predicted molar refractivity (Wildman–Crippen MR) is 75.8 cm³/mol. The van der Waals surface area contributed by atoms with Gasteiger partial charge in [-0.2, -0.15) is 0 Å². The van der Waals surface area contributed by atoms with Crippen LogP contribution in [-0.4, -0.2) is 43.2 Å². The smallest absolute Gasteiger partial charge is 0.228 e. The van der Waals surface area contributed by atoms with Crippen molar-refractivity contribution >= 4 is 18.3 Å². The lowest BCUT2D eigenvalue weighted by molar-refractivity contribution is -0.132. The number of rotatable bonds is 7. The van der Waals surface area contributed by atoms with Crippen LogP contribution in [0.5, 0.6) is 0 Å². The first-order valence-electron chi connectivity index (χ1n) is 6.59. The minimum Gasteiger partial charge on any atom is -0.378 e. The standard InChI is InChI=1S/C13H26N2O2.ClH/c1-5-17-12-8-10(12)13(16)15(4)7-6-11(14)9(2)3;/h9-12H,5-8,14H2,1-4H3;1H. The molecule has 0 aliphatic heterocycles. The van der Waals surface area contributed by atoms with E-state index in [1.165, 1.54) is 0 Å². The van der Waals surface area contributed by atoms with Gasteiger partial charge in [-0.1, -0.05) is 13.8 Å². The number of nitrogens with two attached hydrogens (primary N) is 1. The summed E-state index contributed by atoms with van der Waals surface area (Å²) < 4.78 is 5.43. The van der Waals surface area contributed by atoms with Crippen molar-refractivity contribution in [1.29, 1.82) is 0 Å². The molecular formula is C13H27ClN2O2. The van der Waals surface area contributed by atoms with E-state index < -0.39 is 0 Å². The Hall–Kier alpha value is -0.320. The number of hydrogen-bond donors (Lipinski definition) is 1. The molecule has 1 rings (SSSR count). The Labute approximate surface area is 117 Å². The average molecular weight is 279 g/mol. The molecule has 0 spiro atoms. The molecule has 1 aliphatic rings. The molecule has 108 valence electrons. The summed E-state index contributed by atoms with van der Waals surface area (Å²) in [6.07, 6.45) is 1.91. The maximum atomic E-state index is 12.0. The van der Waals surface area contributed by atoms with Crippen LogP contribution in [-0.2, 0) is 9.53 Å². The molecule has 4 nitrogen and oxygen atoms in total. The van der Waals surface area contributed by atoms with Gasteiger partial charge in [0.2, 0.25) is 5.91 Å². The molecule has 3 atom stereocenters. The van der Waals surface area contributed by atoms with Crippen molar-refractivity contribution in [2.24, 2.45) is 17.6 Å². The Morgan fingerprint density at radius 3 is 2.61 bits per heavy atom. The monoisotopic (exact) mass is 278 g/mol. The van der Waals surface area contributed by atoms with E-state index in [1.54, 1.807) is 4.90 Å². The topological polar surface area (TPSA) is 55.6 Å². The largest absolute Gasteiger partial charge is 0.378 e. The van der Waals surface area contributed by atoms with Crippen molar-refractivity contribution in [2.45, 2.75) is 45.8 Å². The molecule has 0 heterocycles. The van der Waals surface area contributed by atoms with Gasteiger partial charge in [0.1, 0.15) is 0 Å². The third-order valence-corrected chi connectivity index (χ3v) is 3.46. The van der Waals surface area contributed by atoms with Crippen LogP contribution >= 0.6 is 12.4 Å². The summed E-state index contributed by atoms with van der Waals surface area (Å²) in [7, 11) is 1.86. The Kier molecular flexibility index (Phi) is 7.83. The van der Waals surface area contributed by atoms with Crippen LogP contribution in [0.25, 0.3) is 0 Å². The number of nitrogens with zero attached hydrogens (tertiary/aromatic N) is 1. The number of carbonyl (C=O) groups excluding carboxylic acids is 1. The van der Waals surface area contributed by atoms with Crippen LogP contribution in [0, 0.1) is 11.8 Å². The van der Waals surface area contributed by atoms with Crippen molar-refractivity contribution in [1.82, 2.24) is 4.90 Å². The molecule has 0 saturated heterocycles. The van der Waals surface area contributed by atoms with E-state index in [4.69, 9.17) is 10.5 Å². The molecule has 2 N–H and O–H groups in total. The molecule has 1 amide bonds. The minimum absolute atomic E-state index is 0. The number of amides is 1. The van der Waals surface area contributed by atoms with Gasteiger partial charge in [-0.05, 0) is 25.7 Å². The molecular weight excluding hydrogens is 252 g/mol. The van der Waals surface area contributed by atoms with E-state index >= 15 is 0 Å². The molecule has 18 heavy (non-hydrogen) atoms. The molecule has 1 saturated carbocycles. The first kappa shape index (κ1) is 17.7. The lowest BCUT2D eigenvalue weighted by Crippen LogP contribution is -2.35. The number of carbonyl (C=O) groups is 1. The summed E-state index contributed by atoms with van der Waals surface area (Å²) in [4.78, 5) is 13.8. The van der Waals surface area contributed by atoms with Gasteiger partial charge >= 0.3 is 0 Å². The number of ether oxygens (including phenoxy) is 1. The highest BCUT2D eigenvalue weighted by atomic mass is 35.5. The summed E-state index contributed by atoms with van der Waals surface area (Å²) in [5.74, 6) is 0.769. The summed E-state index contributed by atoms with van der Waals surface area (Å²) in [5, 5.41) is 0. The predicted octanol–water partition coefficient (Wildman–Crippen LogP) is 1.66. The van der Waals surface area contributed by atoms with Crippen LogP contribution in [0.4, 0.5) is 0 Å². The molecule has 0 aromatic carbocycles. The summed E-state index contributed by atoms with van der Waals surface area (Å²) in [5.41, 5.74) is 5.97. The third-order valence-electron chi connectivity index (χ3n) is 3.46. The van der Waals surface area contributed by atoms with E-state index in [0.717, 1.165) is 19.4 Å². The normalized spacial score (nSPS) is 23.4. The van der Waals surface area contributed by atoms with Gasteiger partial charge in [0, 0.05) is 26.2 Å². The zero-order valence-corrected chi connectivity index (χ0v) is 12.7. The Balaban J connectivity index is 0.00000289. The highest BCUT2D eigenvalue weighted by Crippen LogP contribution is 2.35. The van der Waals surface area contributed by atoms with Crippen LogP contribution in [0.2, 0.25) is 0 Å². The van der Waals surface area contributed by atoms with Crippen LogP contribution in [0.15, 0.2) is 0 Å². The average Bonchev–Trinajstić information content (AvgIpc) is 3.04. The molecule has 0 radical (unpaired) electrons. The zero-order chi connectivity index (χ0) is 13.0. The Bertz CT molecular complexity index is 261. The highest BCUT2D eigenvalue weighted by Gasteiger charge is 2.45. The SMILES string of the molecule is CCOC1CC1C(=O)N(C)CCC(N)C(C)C.Cl. The summed E-state index contributed by atoms with van der Waals surface area (Å²) in [6, 6.07) is 0.173. The van der Waals surface area contributed by atoms with Crippen LogP contribution < -0.4 is 5.73 Å². The summed E-state index contributed by atoms with van der Waals surface area (Å²) >= 11 is 0. The second-order valence-electron chi connectivity index (χ2n) is 5.29. The highest BCUT2D eigenvalue weighted by molar-refractivity contribution is 5.85. The van der Waals surface area contributed by atoms with E-state index in [9.17, 15) is 4.79 Å². The first-order valence-corrected chi connectivity index (χ1v) is 6.59. The maximum absolute atomic E-state index is 12.0. The quantitative estimate of drug-likeness (QED) is 0.771. The van der Waals surface area contributed by atoms with Gasteiger partial charge in [0.05, 0.1) is 12.0 Å². The summed E-state index contributed by atoms with van der Waals surface area (Å²) in [6.45, 7) is 7.62. The Morgan fingerprint density at radius 2 is 2.11 bits per heavy atom. The van der Waals surface area contributed by atoms with Crippen LogP contribution in [0.3, 0.4) is 0 Å². The molecule has 0 aromatic rings. The van der Waals surface area contributed by atoms with Crippen molar-refractivity contribution in [3.05, 3.63) is 0 Å².